The van der Waals surface area contributed by atoms with E-state index in [9.17, 15) is 4.79 Å². The molecule has 3 heteroatoms. The molecular weight excluding hydrogens is 212 g/mol. The lowest BCUT2D eigenvalue weighted by Gasteiger charge is -2.30. The van der Waals surface area contributed by atoms with Gasteiger partial charge in [-0.1, -0.05) is 41.0 Å². The van der Waals surface area contributed by atoms with Crippen LogP contribution in [0.3, 0.4) is 0 Å². The highest BCUT2D eigenvalue weighted by Crippen LogP contribution is 2.21. The summed E-state index contributed by atoms with van der Waals surface area (Å²) >= 11 is 0. The van der Waals surface area contributed by atoms with E-state index in [0.29, 0.717) is 24.8 Å². The number of nitrogens with two attached hydrogens (primary N) is 1. The summed E-state index contributed by atoms with van der Waals surface area (Å²) < 4.78 is 0. The van der Waals surface area contributed by atoms with Crippen molar-refractivity contribution in [1.82, 2.24) is 4.90 Å². The van der Waals surface area contributed by atoms with Crippen LogP contribution in [0, 0.1) is 17.3 Å². The summed E-state index contributed by atoms with van der Waals surface area (Å²) in [6.07, 6.45) is 1.73. The van der Waals surface area contributed by atoms with Crippen LogP contribution in [-0.2, 0) is 4.79 Å². The highest BCUT2D eigenvalue weighted by molar-refractivity contribution is 5.76. The van der Waals surface area contributed by atoms with Crippen LogP contribution in [0.15, 0.2) is 0 Å². The predicted octanol–water partition coefficient (Wildman–Crippen LogP) is 2.50. The van der Waals surface area contributed by atoms with Crippen LogP contribution in [0.2, 0.25) is 0 Å². The smallest absolute Gasteiger partial charge is 0.222 e. The van der Waals surface area contributed by atoms with Crippen molar-refractivity contribution in [3.63, 3.8) is 0 Å². The number of carbonyl (C=O) groups is 1. The normalized spacial score (nSPS) is 13.9. The van der Waals surface area contributed by atoms with Crippen LogP contribution in [0.4, 0.5) is 0 Å². The monoisotopic (exact) mass is 242 g/mol. The third-order valence-corrected chi connectivity index (χ3v) is 3.55. The Kier molecular flexibility index (Phi) is 6.76. The first kappa shape index (κ1) is 16.4. The van der Waals surface area contributed by atoms with Gasteiger partial charge in [-0.05, 0) is 23.8 Å². The number of rotatable bonds is 7. The highest BCUT2D eigenvalue weighted by Gasteiger charge is 2.23. The van der Waals surface area contributed by atoms with E-state index >= 15 is 0 Å². The Bertz CT molecular complexity index is 236. The minimum absolute atomic E-state index is 0.00392. The van der Waals surface area contributed by atoms with Crippen LogP contribution in [0.25, 0.3) is 0 Å². The SMILES string of the molecule is CCC(CC(=O)N(C)CC(C)(C)CN)C(C)C. The zero-order chi connectivity index (χ0) is 13.6. The minimum Gasteiger partial charge on any atom is -0.345 e. The van der Waals surface area contributed by atoms with Crippen molar-refractivity contribution in [3.8, 4) is 0 Å². The Morgan fingerprint density at radius 2 is 1.88 bits per heavy atom. The second-order valence-corrected chi connectivity index (χ2v) is 6.23. The lowest BCUT2D eigenvalue weighted by atomic mass is 9.89. The van der Waals surface area contributed by atoms with Gasteiger partial charge in [-0.3, -0.25) is 4.79 Å². The molecule has 0 aromatic rings. The van der Waals surface area contributed by atoms with Gasteiger partial charge in [0, 0.05) is 20.0 Å². The molecule has 0 aliphatic heterocycles. The average Bonchev–Trinajstić information content (AvgIpc) is 2.24. The molecule has 0 aliphatic carbocycles. The van der Waals surface area contributed by atoms with Crippen molar-refractivity contribution in [1.29, 1.82) is 0 Å². The van der Waals surface area contributed by atoms with Crippen molar-refractivity contribution in [2.24, 2.45) is 23.0 Å². The molecular formula is C14H30N2O. The van der Waals surface area contributed by atoms with Gasteiger partial charge in [0.1, 0.15) is 0 Å². The maximum absolute atomic E-state index is 12.1. The summed E-state index contributed by atoms with van der Waals surface area (Å²) in [4.78, 5) is 13.9. The van der Waals surface area contributed by atoms with E-state index < -0.39 is 0 Å². The summed E-state index contributed by atoms with van der Waals surface area (Å²) in [5.41, 5.74) is 5.70. The molecule has 2 N–H and O–H groups in total. The summed E-state index contributed by atoms with van der Waals surface area (Å²) in [5, 5.41) is 0. The van der Waals surface area contributed by atoms with Gasteiger partial charge < -0.3 is 10.6 Å². The van der Waals surface area contributed by atoms with Crippen molar-refractivity contribution >= 4 is 5.91 Å². The molecule has 0 saturated carbocycles. The van der Waals surface area contributed by atoms with Gasteiger partial charge in [0.2, 0.25) is 5.91 Å². The van der Waals surface area contributed by atoms with Gasteiger partial charge in [0.15, 0.2) is 0 Å². The standard InChI is InChI=1S/C14H30N2O/c1-7-12(11(2)3)8-13(17)16(6)10-14(4,5)9-15/h11-12H,7-10,15H2,1-6H3. The first-order valence-electron chi connectivity index (χ1n) is 6.67. The fraction of sp³-hybridized carbons (Fsp3) is 0.929. The molecule has 1 unspecified atom stereocenters. The van der Waals surface area contributed by atoms with E-state index in [2.05, 4.69) is 34.6 Å². The predicted molar refractivity (Wildman–Crippen MR) is 73.7 cm³/mol. The Morgan fingerprint density at radius 3 is 2.24 bits per heavy atom. The summed E-state index contributed by atoms with van der Waals surface area (Å²) in [6.45, 7) is 12.0. The molecule has 0 fully saturated rings. The van der Waals surface area contributed by atoms with E-state index in [0.717, 1.165) is 13.0 Å². The van der Waals surface area contributed by atoms with Gasteiger partial charge in [0.05, 0.1) is 0 Å². The molecule has 102 valence electrons. The molecule has 0 aromatic carbocycles. The highest BCUT2D eigenvalue weighted by atomic mass is 16.2. The maximum atomic E-state index is 12.1. The molecule has 0 rings (SSSR count). The third kappa shape index (κ3) is 6.06. The van der Waals surface area contributed by atoms with Gasteiger partial charge in [-0.15, -0.1) is 0 Å². The quantitative estimate of drug-likeness (QED) is 0.745. The second-order valence-electron chi connectivity index (χ2n) is 6.23. The fourth-order valence-corrected chi connectivity index (χ4v) is 2.03. The minimum atomic E-state index is 0.00392. The van der Waals surface area contributed by atoms with E-state index in [1.165, 1.54) is 0 Å². The average molecular weight is 242 g/mol. The van der Waals surface area contributed by atoms with Crippen LogP contribution in [-0.4, -0.2) is 30.9 Å². The first-order chi connectivity index (χ1) is 7.73. The number of hydrogen-bond acceptors (Lipinski definition) is 2. The van der Waals surface area contributed by atoms with Crippen molar-refractivity contribution in [2.75, 3.05) is 20.1 Å². The zero-order valence-corrected chi connectivity index (χ0v) is 12.4. The van der Waals surface area contributed by atoms with E-state index in [1.807, 2.05) is 11.9 Å². The molecule has 0 spiro atoms. The molecule has 0 aliphatic rings. The molecule has 0 heterocycles. The Labute approximate surface area is 107 Å². The van der Waals surface area contributed by atoms with Crippen LogP contribution >= 0.6 is 0 Å². The maximum Gasteiger partial charge on any atom is 0.222 e. The number of nitrogens with zero attached hydrogens (tertiary/aromatic N) is 1. The van der Waals surface area contributed by atoms with Crippen LogP contribution in [0.5, 0.6) is 0 Å². The topological polar surface area (TPSA) is 46.3 Å². The molecule has 3 nitrogen and oxygen atoms in total. The largest absolute Gasteiger partial charge is 0.345 e. The van der Waals surface area contributed by atoms with E-state index in [1.54, 1.807) is 0 Å². The van der Waals surface area contributed by atoms with E-state index in [4.69, 9.17) is 5.73 Å². The number of carbonyl (C=O) groups excluding carboxylic acids is 1. The van der Waals surface area contributed by atoms with E-state index in [-0.39, 0.29) is 11.3 Å². The van der Waals surface area contributed by atoms with Gasteiger partial charge in [-0.25, -0.2) is 0 Å². The van der Waals surface area contributed by atoms with Gasteiger partial charge in [0.25, 0.3) is 0 Å². The lowest BCUT2D eigenvalue weighted by molar-refractivity contribution is -0.132. The Hall–Kier alpha value is -0.570. The third-order valence-electron chi connectivity index (χ3n) is 3.55. The Morgan fingerprint density at radius 1 is 1.35 bits per heavy atom. The Balaban J connectivity index is 4.31. The number of hydrogen-bond donors (Lipinski definition) is 1. The van der Waals surface area contributed by atoms with Gasteiger partial charge in [-0.2, -0.15) is 0 Å². The van der Waals surface area contributed by atoms with Crippen molar-refractivity contribution in [3.05, 3.63) is 0 Å². The lowest BCUT2D eigenvalue weighted by Crippen LogP contribution is -2.40. The molecule has 1 amide bonds. The summed E-state index contributed by atoms with van der Waals surface area (Å²) in [5.74, 6) is 1.30. The van der Waals surface area contributed by atoms with Crippen molar-refractivity contribution in [2.45, 2.75) is 47.5 Å². The first-order valence-corrected chi connectivity index (χ1v) is 6.67. The van der Waals surface area contributed by atoms with Crippen LogP contribution < -0.4 is 5.73 Å². The molecule has 17 heavy (non-hydrogen) atoms. The fourth-order valence-electron chi connectivity index (χ4n) is 2.03. The molecule has 1 atom stereocenters. The molecule has 0 radical (unpaired) electrons. The molecule has 0 saturated heterocycles. The van der Waals surface area contributed by atoms with Gasteiger partial charge >= 0.3 is 0 Å². The zero-order valence-electron chi connectivity index (χ0n) is 12.4. The molecule has 0 bridgehead atoms. The summed E-state index contributed by atoms with van der Waals surface area (Å²) in [7, 11) is 1.88. The van der Waals surface area contributed by atoms with Crippen LogP contribution in [0.1, 0.15) is 47.5 Å². The summed E-state index contributed by atoms with van der Waals surface area (Å²) in [6, 6.07) is 0. The molecule has 0 aromatic heterocycles. The second kappa shape index (κ2) is 7.00. The van der Waals surface area contributed by atoms with Crippen molar-refractivity contribution < 1.29 is 4.79 Å². The number of amides is 1.